The van der Waals surface area contributed by atoms with Crippen LogP contribution in [0.15, 0.2) is 27.8 Å². The van der Waals surface area contributed by atoms with Crippen molar-refractivity contribution in [3.8, 4) is 0 Å². The zero-order valence-corrected chi connectivity index (χ0v) is 7.80. The lowest BCUT2D eigenvalue weighted by molar-refractivity contribution is -0.384. The lowest BCUT2D eigenvalue weighted by Crippen LogP contribution is -1.87. The van der Waals surface area contributed by atoms with Crippen LogP contribution in [0.4, 0.5) is 11.4 Å². The van der Waals surface area contributed by atoms with Crippen molar-refractivity contribution in [2.75, 3.05) is 0 Å². The van der Waals surface area contributed by atoms with Gasteiger partial charge in [0.15, 0.2) is 0 Å². The molecule has 0 bridgehead atoms. The molecule has 0 heterocycles. The first kappa shape index (κ1) is 9.50. The Labute approximate surface area is 81.1 Å². The fourth-order valence-corrected chi connectivity index (χ4v) is 1.12. The van der Waals surface area contributed by atoms with Crippen LogP contribution in [0, 0.1) is 10.1 Å². The van der Waals surface area contributed by atoms with Crippen LogP contribution in [-0.4, -0.2) is 4.92 Å². The largest absolute Gasteiger partial charge is 0.280 e. The summed E-state index contributed by atoms with van der Waals surface area (Å²) in [6.07, 6.45) is 0. The predicted octanol–water partition coefficient (Wildman–Crippen LogP) is 3.30. The van der Waals surface area contributed by atoms with Crippen molar-refractivity contribution >= 4 is 27.3 Å². The zero-order valence-electron chi connectivity index (χ0n) is 6.22. The van der Waals surface area contributed by atoms with Crippen molar-refractivity contribution in [2.24, 2.45) is 5.11 Å². The fraction of sp³-hybridized carbons (Fsp3) is 0. The molecule has 0 atom stereocenters. The van der Waals surface area contributed by atoms with Gasteiger partial charge in [0.05, 0.1) is 4.92 Å². The topological polar surface area (TPSA) is 91.9 Å². The van der Waals surface area contributed by atoms with Gasteiger partial charge < -0.3 is 0 Å². The minimum absolute atomic E-state index is 0.00991. The second kappa shape index (κ2) is 3.88. The fourth-order valence-electron chi connectivity index (χ4n) is 0.776. The molecule has 1 aromatic carbocycles. The van der Waals surface area contributed by atoms with Crippen molar-refractivity contribution in [3.63, 3.8) is 0 Å². The minimum atomic E-state index is -0.602. The molecule has 6 nitrogen and oxygen atoms in total. The van der Waals surface area contributed by atoms with Gasteiger partial charge in [0.25, 0.3) is 5.69 Å². The maximum absolute atomic E-state index is 10.5. The first-order chi connectivity index (χ1) is 6.15. The van der Waals surface area contributed by atoms with Gasteiger partial charge >= 0.3 is 0 Å². The van der Waals surface area contributed by atoms with Gasteiger partial charge in [0, 0.05) is 15.5 Å². The van der Waals surface area contributed by atoms with Crippen molar-refractivity contribution in [2.45, 2.75) is 0 Å². The first-order valence-corrected chi connectivity index (χ1v) is 3.93. The zero-order chi connectivity index (χ0) is 9.84. The highest BCUT2D eigenvalue weighted by Gasteiger charge is 2.11. The van der Waals surface area contributed by atoms with Crippen LogP contribution in [0.1, 0.15) is 0 Å². The van der Waals surface area contributed by atoms with E-state index >= 15 is 0 Å². The highest BCUT2D eigenvalue weighted by Crippen LogP contribution is 2.30. The average molecular weight is 243 g/mol. The predicted molar refractivity (Wildman–Crippen MR) is 49.6 cm³/mol. The third-order valence-electron chi connectivity index (χ3n) is 1.29. The Morgan fingerprint density at radius 3 is 2.85 bits per heavy atom. The van der Waals surface area contributed by atoms with E-state index in [-0.39, 0.29) is 11.4 Å². The number of halogens is 1. The number of nitro groups is 1. The van der Waals surface area contributed by atoms with Gasteiger partial charge in [0.1, 0.15) is 5.69 Å². The second-order valence-corrected chi connectivity index (χ2v) is 3.00. The highest BCUT2D eigenvalue weighted by molar-refractivity contribution is 9.10. The number of hydrogen-bond donors (Lipinski definition) is 0. The summed E-state index contributed by atoms with van der Waals surface area (Å²) < 4.78 is 0.566. The molecule has 0 aliphatic heterocycles. The number of rotatable bonds is 2. The van der Waals surface area contributed by atoms with E-state index in [4.69, 9.17) is 5.53 Å². The van der Waals surface area contributed by atoms with Crippen LogP contribution >= 0.6 is 15.9 Å². The second-order valence-electron chi connectivity index (χ2n) is 2.08. The van der Waals surface area contributed by atoms with Gasteiger partial charge in [0.2, 0.25) is 0 Å². The molecule has 0 spiro atoms. The van der Waals surface area contributed by atoms with Gasteiger partial charge in [-0.15, -0.1) is 0 Å². The van der Waals surface area contributed by atoms with Crippen molar-refractivity contribution in [1.29, 1.82) is 0 Å². The third kappa shape index (κ3) is 2.17. The SMILES string of the molecule is [N-]=[N+]=Nc1ccc(Br)cc1[N+](=O)[O-]. The van der Waals surface area contributed by atoms with E-state index in [1.54, 1.807) is 6.07 Å². The Morgan fingerprint density at radius 2 is 2.31 bits per heavy atom. The van der Waals surface area contributed by atoms with E-state index in [1.165, 1.54) is 12.1 Å². The maximum Gasteiger partial charge on any atom is 0.280 e. The number of nitrogens with zero attached hydrogens (tertiary/aromatic N) is 4. The quantitative estimate of drug-likeness (QED) is 0.262. The van der Waals surface area contributed by atoms with Gasteiger partial charge in [-0.05, 0) is 17.7 Å². The lowest BCUT2D eigenvalue weighted by Gasteiger charge is -1.95. The Balaban J connectivity index is 3.34. The molecule has 0 unspecified atom stereocenters. The van der Waals surface area contributed by atoms with E-state index in [1.807, 2.05) is 0 Å². The molecule has 0 saturated carbocycles. The molecule has 0 radical (unpaired) electrons. The molecule has 7 heteroatoms. The number of nitro benzene ring substituents is 1. The minimum Gasteiger partial charge on any atom is -0.258 e. The van der Waals surface area contributed by atoms with Crippen LogP contribution in [-0.2, 0) is 0 Å². The van der Waals surface area contributed by atoms with Gasteiger partial charge in [-0.25, -0.2) is 0 Å². The lowest BCUT2D eigenvalue weighted by atomic mass is 10.3. The maximum atomic E-state index is 10.5. The molecule has 0 amide bonds. The Bertz CT molecular complexity index is 400. The molecule has 1 rings (SSSR count). The van der Waals surface area contributed by atoms with Gasteiger partial charge in [-0.2, -0.15) is 0 Å². The molecule has 0 aliphatic rings. The third-order valence-corrected chi connectivity index (χ3v) is 1.78. The van der Waals surface area contributed by atoms with Gasteiger partial charge in [-0.1, -0.05) is 21.0 Å². The van der Waals surface area contributed by atoms with Crippen molar-refractivity contribution in [1.82, 2.24) is 0 Å². The van der Waals surface area contributed by atoms with E-state index in [2.05, 4.69) is 26.0 Å². The van der Waals surface area contributed by atoms with Crippen molar-refractivity contribution < 1.29 is 4.92 Å². The monoisotopic (exact) mass is 242 g/mol. The molecular weight excluding hydrogens is 240 g/mol. The molecule has 13 heavy (non-hydrogen) atoms. The number of azide groups is 1. The highest BCUT2D eigenvalue weighted by atomic mass is 79.9. The molecule has 0 aromatic heterocycles. The molecule has 66 valence electrons. The summed E-state index contributed by atoms with van der Waals surface area (Å²) >= 11 is 3.08. The molecule has 0 fully saturated rings. The average Bonchev–Trinajstić information content (AvgIpc) is 2.08. The van der Waals surface area contributed by atoms with Crippen LogP contribution < -0.4 is 0 Å². The number of hydrogen-bond acceptors (Lipinski definition) is 3. The van der Waals surface area contributed by atoms with Crippen LogP contribution in [0.5, 0.6) is 0 Å². The summed E-state index contributed by atoms with van der Waals surface area (Å²) in [5, 5.41) is 13.6. The van der Waals surface area contributed by atoms with E-state index in [0.717, 1.165) is 0 Å². The molecular formula is C6H3BrN4O2. The number of benzene rings is 1. The van der Waals surface area contributed by atoms with E-state index < -0.39 is 4.92 Å². The van der Waals surface area contributed by atoms with Crippen molar-refractivity contribution in [3.05, 3.63) is 43.2 Å². The first-order valence-electron chi connectivity index (χ1n) is 3.14. The summed E-state index contributed by atoms with van der Waals surface area (Å²) in [5.74, 6) is 0. The van der Waals surface area contributed by atoms with E-state index in [0.29, 0.717) is 4.47 Å². The van der Waals surface area contributed by atoms with Crippen LogP contribution in [0.3, 0.4) is 0 Å². The molecule has 0 aliphatic carbocycles. The smallest absolute Gasteiger partial charge is 0.258 e. The normalized spacial score (nSPS) is 9.00. The summed E-state index contributed by atoms with van der Waals surface area (Å²) in [7, 11) is 0. The van der Waals surface area contributed by atoms with E-state index in [9.17, 15) is 10.1 Å². The summed E-state index contributed by atoms with van der Waals surface area (Å²) in [5.41, 5.74) is 7.91. The summed E-state index contributed by atoms with van der Waals surface area (Å²) in [6.45, 7) is 0. The standard InChI is InChI=1S/C6H3BrN4O2/c7-4-1-2-5(9-10-8)6(3-4)11(12)13/h1-3H. The summed E-state index contributed by atoms with van der Waals surface area (Å²) in [4.78, 5) is 12.3. The Morgan fingerprint density at radius 1 is 1.62 bits per heavy atom. The van der Waals surface area contributed by atoms with Crippen LogP contribution in [0.2, 0.25) is 0 Å². The Hall–Kier alpha value is -1.59. The van der Waals surface area contributed by atoms with Crippen LogP contribution in [0.25, 0.3) is 10.4 Å². The Kier molecular flexibility index (Phi) is 2.84. The molecule has 1 aromatic rings. The van der Waals surface area contributed by atoms with Gasteiger partial charge in [-0.3, -0.25) is 10.1 Å². The molecule has 0 N–H and O–H groups in total. The summed E-state index contributed by atoms with van der Waals surface area (Å²) in [6, 6.07) is 4.23. The molecule has 0 saturated heterocycles.